The molecule has 0 heterocycles. The van der Waals surface area contributed by atoms with Gasteiger partial charge in [-0.25, -0.2) is 0 Å². The highest BCUT2D eigenvalue weighted by Gasteiger charge is 1.94. The van der Waals surface area contributed by atoms with Crippen molar-refractivity contribution in [1.29, 1.82) is 0 Å². The molecular formula is C12H8I. The van der Waals surface area contributed by atoms with E-state index in [1.165, 1.54) is 9.13 Å². The third-order valence-corrected chi connectivity index (χ3v) is 2.58. The van der Waals surface area contributed by atoms with E-state index in [1.54, 1.807) is 0 Å². The van der Waals surface area contributed by atoms with Gasteiger partial charge >= 0.3 is 0 Å². The van der Waals surface area contributed by atoms with Crippen molar-refractivity contribution in [3.05, 3.63) is 58.2 Å². The minimum Gasteiger partial charge on any atom is -0.0616 e. The number of rotatable bonds is 1. The molecule has 0 aliphatic heterocycles. The predicted octanol–water partition coefficient (Wildman–Crippen LogP) is 3.76. The van der Waals surface area contributed by atoms with Gasteiger partial charge in [-0.05, 0) is 51.9 Å². The summed E-state index contributed by atoms with van der Waals surface area (Å²) in [4.78, 5) is 0. The smallest absolute Gasteiger partial charge is 0.0130 e. The lowest BCUT2D eigenvalue weighted by Gasteiger charge is -1.99. The van der Waals surface area contributed by atoms with Crippen LogP contribution in [0.1, 0.15) is 0 Å². The molecule has 0 saturated heterocycles. The normalized spacial score (nSPS) is 9.92. The maximum absolute atomic E-state index is 3.20. The molecule has 13 heavy (non-hydrogen) atoms. The first-order chi connectivity index (χ1) is 6.36. The van der Waals surface area contributed by atoms with Gasteiger partial charge in [-0.1, -0.05) is 36.4 Å². The summed E-state index contributed by atoms with van der Waals surface area (Å²) in [6, 6.07) is 19.7. The molecule has 0 nitrogen and oxygen atoms in total. The molecule has 0 amide bonds. The topological polar surface area (TPSA) is 0 Å². The van der Waals surface area contributed by atoms with Crippen molar-refractivity contribution in [2.45, 2.75) is 0 Å². The molecule has 0 bridgehead atoms. The molecule has 1 heteroatoms. The Morgan fingerprint density at radius 2 is 1.69 bits per heavy atom. The molecule has 2 rings (SSSR count). The number of hydrogen-bond donors (Lipinski definition) is 0. The van der Waals surface area contributed by atoms with E-state index in [2.05, 4.69) is 59.0 Å². The molecule has 0 unspecified atom stereocenters. The summed E-state index contributed by atoms with van der Waals surface area (Å²) >= 11 is 2.31. The van der Waals surface area contributed by atoms with Gasteiger partial charge in [-0.2, -0.15) is 0 Å². The van der Waals surface area contributed by atoms with Crippen LogP contribution in [-0.2, 0) is 0 Å². The van der Waals surface area contributed by atoms with E-state index in [4.69, 9.17) is 0 Å². The van der Waals surface area contributed by atoms with E-state index in [1.807, 2.05) is 18.2 Å². The number of benzene rings is 2. The van der Waals surface area contributed by atoms with Crippen LogP contribution in [-0.4, -0.2) is 0 Å². The first-order valence-electron chi connectivity index (χ1n) is 4.09. The Balaban J connectivity index is 2.42. The summed E-state index contributed by atoms with van der Waals surface area (Å²) in [7, 11) is 0. The first kappa shape index (κ1) is 8.75. The fourth-order valence-electron chi connectivity index (χ4n) is 1.20. The van der Waals surface area contributed by atoms with Crippen LogP contribution in [0.15, 0.2) is 48.5 Å². The third-order valence-electron chi connectivity index (χ3n) is 1.86. The molecule has 0 atom stereocenters. The van der Waals surface area contributed by atoms with Crippen LogP contribution in [0.5, 0.6) is 0 Å². The quantitative estimate of drug-likeness (QED) is 0.697. The Morgan fingerprint density at radius 1 is 0.923 bits per heavy atom. The maximum Gasteiger partial charge on any atom is 0.0130 e. The lowest BCUT2D eigenvalue weighted by molar-refractivity contribution is 1.58. The van der Waals surface area contributed by atoms with Crippen molar-refractivity contribution < 1.29 is 0 Å². The zero-order valence-electron chi connectivity index (χ0n) is 7.00. The highest BCUT2D eigenvalue weighted by atomic mass is 127. The Labute approximate surface area is 91.8 Å². The van der Waals surface area contributed by atoms with E-state index in [-0.39, 0.29) is 0 Å². The second kappa shape index (κ2) is 3.92. The van der Waals surface area contributed by atoms with Crippen LogP contribution >= 0.6 is 22.6 Å². The van der Waals surface area contributed by atoms with Crippen molar-refractivity contribution in [3.63, 3.8) is 0 Å². The fourth-order valence-corrected chi connectivity index (χ4v) is 1.56. The third kappa shape index (κ3) is 2.10. The van der Waals surface area contributed by atoms with Crippen LogP contribution in [0, 0.1) is 9.64 Å². The largest absolute Gasteiger partial charge is 0.0616 e. The van der Waals surface area contributed by atoms with Crippen LogP contribution in [0.2, 0.25) is 0 Å². The molecular weight excluding hydrogens is 271 g/mol. The Hall–Kier alpha value is -0.830. The van der Waals surface area contributed by atoms with E-state index >= 15 is 0 Å². The van der Waals surface area contributed by atoms with E-state index in [0.29, 0.717) is 0 Å². The van der Waals surface area contributed by atoms with Gasteiger partial charge < -0.3 is 0 Å². The van der Waals surface area contributed by atoms with Gasteiger partial charge in [0.2, 0.25) is 0 Å². The van der Waals surface area contributed by atoms with Gasteiger partial charge in [0, 0.05) is 3.57 Å². The predicted molar refractivity (Wildman–Crippen MR) is 63.4 cm³/mol. The van der Waals surface area contributed by atoms with E-state index in [9.17, 15) is 0 Å². The Kier molecular flexibility index (Phi) is 2.64. The van der Waals surface area contributed by atoms with Crippen molar-refractivity contribution in [2.24, 2.45) is 0 Å². The van der Waals surface area contributed by atoms with Gasteiger partial charge in [-0.3, -0.25) is 0 Å². The molecule has 2 aromatic carbocycles. The molecule has 0 saturated carbocycles. The van der Waals surface area contributed by atoms with Crippen LogP contribution < -0.4 is 0 Å². The summed E-state index contributed by atoms with van der Waals surface area (Å²) in [6.07, 6.45) is 0. The fraction of sp³-hybridized carbons (Fsp3) is 0. The maximum atomic E-state index is 3.20. The van der Waals surface area contributed by atoms with Gasteiger partial charge in [0.05, 0.1) is 0 Å². The molecule has 0 N–H and O–H groups in total. The first-order valence-corrected chi connectivity index (χ1v) is 5.17. The van der Waals surface area contributed by atoms with Crippen LogP contribution in [0.25, 0.3) is 11.1 Å². The number of halogens is 1. The summed E-state index contributed by atoms with van der Waals surface area (Å²) in [5, 5.41) is 0. The van der Waals surface area contributed by atoms with Crippen molar-refractivity contribution in [2.75, 3.05) is 0 Å². The lowest BCUT2D eigenvalue weighted by atomic mass is 10.1. The molecule has 0 aliphatic rings. The Morgan fingerprint density at radius 3 is 2.31 bits per heavy atom. The van der Waals surface area contributed by atoms with Crippen LogP contribution in [0.4, 0.5) is 0 Å². The summed E-state index contributed by atoms with van der Waals surface area (Å²) in [6.45, 7) is 0. The van der Waals surface area contributed by atoms with Crippen molar-refractivity contribution in [1.82, 2.24) is 0 Å². The van der Waals surface area contributed by atoms with Crippen LogP contribution in [0.3, 0.4) is 0 Å². The molecule has 0 fully saturated rings. The summed E-state index contributed by atoms with van der Waals surface area (Å²) in [5.74, 6) is 0. The highest BCUT2D eigenvalue weighted by molar-refractivity contribution is 14.1. The second-order valence-corrected chi connectivity index (χ2v) is 4.03. The monoisotopic (exact) mass is 279 g/mol. The van der Waals surface area contributed by atoms with Gasteiger partial charge in [-0.15, -0.1) is 0 Å². The highest BCUT2D eigenvalue weighted by Crippen LogP contribution is 2.18. The molecule has 0 aliphatic carbocycles. The molecule has 1 radical (unpaired) electrons. The standard InChI is InChI=1S/C12H8I/c13-12-8-6-11(7-9-12)10-4-2-1-3-5-10/h1-4,6-9H. The zero-order chi connectivity index (χ0) is 9.10. The van der Waals surface area contributed by atoms with Gasteiger partial charge in [0.25, 0.3) is 0 Å². The SMILES string of the molecule is Ic1ccc(-c2[c]cccc2)cc1. The van der Waals surface area contributed by atoms with Crippen molar-refractivity contribution in [3.8, 4) is 11.1 Å². The lowest BCUT2D eigenvalue weighted by Crippen LogP contribution is -1.77. The molecule has 0 spiro atoms. The minimum absolute atomic E-state index is 1.15. The summed E-state index contributed by atoms with van der Waals surface area (Å²) in [5.41, 5.74) is 2.37. The average molecular weight is 279 g/mol. The molecule has 0 aromatic heterocycles. The molecule has 2 aromatic rings. The number of hydrogen-bond acceptors (Lipinski definition) is 0. The van der Waals surface area contributed by atoms with E-state index in [0.717, 1.165) is 5.56 Å². The summed E-state index contributed by atoms with van der Waals surface area (Å²) < 4.78 is 1.26. The van der Waals surface area contributed by atoms with Crippen molar-refractivity contribution >= 4 is 22.6 Å². The van der Waals surface area contributed by atoms with E-state index < -0.39 is 0 Å². The van der Waals surface area contributed by atoms with Gasteiger partial charge in [0.1, 0.15) is 0 Å². The van der Waals surface area contributed by atoms with Gasteiger partial charge in [0.15, 0.2) is 0 Å². The Bertz CT molecular complexity index is 376. The zero-order valence-corrected chi connectivity index (χ0v) is 9.15. The molecule has 63 valence electrons. The second-order valence-electron chi connectivity index (χ2n) is 2.78. The average Bonchev–Trinajstić information content (AvgIpc) is 2.20. The minimum atomic E-state index is 1.15.